The van der Waals surface area contributed by atoms with Crippen molar-refractivity contribution in [2.24, 2.45) is 0 Å². The van der Waals surface area contributed by atoms with Gasteiger partial charge in [0.15, 0.2) is 0 Å². The maximum atomic E-state index is 12.9. The highest BCUT2D eigenvalue weighted by Crippen LogP contribution is 2.36. The molecule has 1 atom stereocenters. The van der Waals surface area contributed by atoms with E-state index in [1.165, 1.54) is 0 Å². The van der Waals surface area contributed by atoms with E-state index in [0.29, 0.717) is 11.4 Å². The van der Waals surface area contributed by atoms with Crippen LogP contribution in [0.4, 0.5) is 5.69 Å². The van der Waals surface area contributed by atoms with Gasteiger partial charge in [-0.3, -0.25) is 4.79 Å². The Morgan fingerprint density at radius 3 is 2.60 bits per heavy atom. The van der Waals surface area contributed by atoms with Gasteiger partial charge in [0, 0.05) is 11.2 Å². The summed E-state index contributed by atoms with van der Waals surface area (Å²) in [6.45, 7) is 4.43. The summed E-state index contributed by atoms with van der Waals surface area (Å²) in [4.78, 5) is 12.9. The lowest BCUT2D eigenvalue weighted by molar-refractivity contribution is -0.00521. The Morgan fingerprint density at radius 2 is 1.92 bits per heavy atom. The fraction of sp³-hybridized carbons (Fsp3) is 0.450. The minimum atomic E-state index is -1.03. The molecule has 0 saturated carbocycles. The monoisotopic (exact) mass is 342 g/mol. The summed E-state index contributed by atoms with van der Waals surface area (Å²) < 4.78 is 7.39. The third-order valence-electron chi connectivity index (χ3n) is 5.28. The van der Waals surface area contributed by atoms with Crippen molar-refractivity contribution in [2.45, 2.75) is 51.4 Å². The van der Waals surface area contributed by atoms with Crippen molar-refractivity contribution in [2.75, 3.05) is 11.9 Å². The van der Waals surface area contributed by atoms with Crippen LogP contribution in [0.2, 0.25) is 0 Å². The number of aryl methyl sites for hydroxylation is 1. The third-order valence-corrected chi connectivity index (χ3v) is 5.28. The minimum Gasteiger partial charge on any atom is -0.463 e. The molecule has 0 amide bonds. The second kappa shape index (κ2) is 7.31. The van der Waals surface area contributed by atoms with Gasteiger partial charge in [0.25, 0.3) is 5.56 Å². The Labute approximate surface area is 148 Å². The van der Waals surface area contributed by atoms with Gasteiger partial charge in [0.05, 0.1) is 6.54 Å². The molecule has 1 aliphatic rings. The molecular formula is C20H26N2O3. The van der Waals surface area contributed by atoms with E-state index < -0.39 is 6.29 Å². The third kappa shape index (κ3) is 3.42. The molecule has 1 unspecified atom stereocenters. The number of anilines is 1. The van der Waals surface area contributed by atoms with Crippen LogP contribution in [0.25, 0.3) is 0 Å². The number of aliphatic hydroxyl groups excluding tert-OH is 1. The average molecular weight is 342 g/mol. The molecule has 25 heavy (non-hydrogen) atoms. The smallest absolute Gasteiger partial charge is 0.274 e. The SMILES string of the molecule is CCC1(CC)CCc2ccc(NCC(O)Oc3ccccc3)c(=O)n21. The van der Waals surface area contributed by atoms with Crippen LogP contribution in [0.1, 0.15) is 38.8 Å². The summed E-state index contributed by atoms with van der Waals surface area (Å²) >= 11 is 0. The number of benzene rings is 1. The zero-order valence-corrected chi connectivity index (χ0v) is 14.9. The Bertz CT molecular complexity index is 766. The molecular weight excluding hydrogens is 316 g/mol. The first-order valence-corrected chi connectivity index (χ1v) is 8.98. The normalized spacial score (nSPS) is 16.3. The van der Waals surface area contributed by atoms with Gasteiger partial charge in [-0.2, -0.15) is 0 Å². The number of hydrogen-bond donors (Lipinski definition) is 2. The summed E-state index contributed by atoms with van der Waals surface area (Å²) in [6.07, 6.45) is 2.82. The van der Waals surface area contributed by atoms with Gasteiger partial charge >= 0.3 is 0 Å². The molecule has 0 radical (unpaired) electrons. The van der Waals surface area contributed by atoms with Gasteiger partial charge in [0.1, 0.15) is 11.4 Å². The summed E-state index contributed by atoms with van der Waals surface area (Å²) in [7, 11) is 0. The van der Waals surface area contributed by atoms with Crippen molar-refractivity contribution >= 4 is 5.69 Å². The summed E-state index contributed by atoms with van der Waals surface area (Å²) in [6, 6.07) is 13.0. The first-order valence-electron chi connectivity index (χ1n) is 8.98. The molecule has 0 aliphatic carbocycles. The largest absolute Gasteiger partial charge is 0.463 e. The maximum Gasteiger partial charge on any atom is 0.274 e. The summed E-state index contributed by atoms with van der Waals surface area (Å²) in [5, 5.41) is 13.1. The number of nitrogens with zero attached hydrogens (tertiary/aromatic N) is 1. The molecule has 5 nitrogen and oxygen atoms in total. The standard InChI is InChI=1S/C20H26N2O3/c1-3-20(4-2)13-12-15-10-11-17(19(24)22(15)20)21-14-18(23)25-16-8-6-5-7-9-16/h5-11,18,21,23H,3-4,12-14H2,1-2H3. The van der Waals surface area contributed by atoms with E-state index in [1.807, 2.05) is 34.9 Å². The highest BCUT2D eigenvalue weighted by molar-refractivity contribution is 5.43. The molecule has 3 rings (SSSR count). The highest BCUT2D eigenvalue weighted by atomic mass is 16.6. The average Bonchev–Trinajstić information content (AvgIpc) is 3.02. The van der Waals surface area contributed by atoms with E-state index in [-0.39, 0.29) is 17.6 Å². The molecule has 0 bridgehead atoms. The molecule has 2 aromatic rings. The van der Waals surface area contributed by atoms with E-state index in [4.69, 9.17) is 4.74 Å². The number of pyridine rings is 1. The number of hydrogen-bond acceptors (Lipinski definition) is 4. The van der Waals surface area contributed by atoms with Gasteiger partial charge in [0.2, 0.25) is 6.29 Å². The van der Waals surface area contributed by atoms with Crippen molar-refractivity contribution in [3.63, 3.8) is 0 Å². The van der Waals surface area contributed by atoms with Gasteiger partial charge < -0.3 is 19.7 Å². The van der Waals surface area contributed by atoms with Crippen molar-refractivity contribution in [3.8, 4) is 5.75 Å². The Balaban J connectivity index is 1.73. The maximum absolute atomic E-state index is 12.9. The van der Waals surface area contributed by atoms with Crippen molar-refractivity contribution < 1.29 is 9.84 Å². The van der Waals surface area contributed by atoms with Gasteiger partial charge in [-0.15, -0.1) is 0 Å². The lowest BCUT2D eigenvalue weighted by atomic mass is 9.90. The van der Waals surface area contributed by atoms with E-state index in [9.17, 15) is 9.90 Å². The predicted molar refractivity (Wildman–Crippen MR) is 99.1 cm³/mol. The molecule has 5 heteroatoms. The predicted octanol–water partition coefficient (Wildman–Crippen LogP) is 3.12. The van der Waals surface area contributed by atoms with Crippen molar-refractivity contribution in [1.82, 2.24) is 4.57 Å². The zero-order valence-electron chi connectivity index (χ0n) is 14.9. The minimum absolute atomic E-state index is 0.00869. The van der Waals surface area contributed by atoms with Gasteiger partial charge in [-0.05, 0) is 49.9 Å². The van der Waals surface area contributed by atoms with E-state index in [0.717, 1.165) is 31.4 Å². The second-order valence-corrected chi connectivity index (χ2v) is 6.58. The van der Waals surface area contributed by atoms with Crippen molar-refractivity contribution in [3.05, 3.63) is 58.5 Å². The molecule has 0 saturated heterocycles. The van der Waals surface area contributed by atoms with Crippen LogP contribution >= 0.6 is 0 Å². The molecule has 1 aromatic heterocycles. The van der Waals surface area contributed by atoms with Crippen LogP contribution in [-0.4, -0.2) is 22.5 Å². The summed E-state index contributed by atoms with van der Waals surface area (Å²) in [5.41, 5.74) is 1.52. The Hall–Kier alpha value is -2.27. The fourth-order valence-corrected chi connectivity index (χ4v) is 3.71. The molecule has 0 fully saturated rings. The second-order valence-electron chi connectivity index (χ2n) is 6.58. The number of aliphatic hydroxyl groups is 1. The van der Waals surface area contributed by atoms with Crippen LogP contribution in [0.15, 0.2) is 47.3 Å². The Morgan fingerprint density at radius 1 is 1.20 bits per heavy atom. The van der Waals surface area contributed by atoms with Crippen LogP contribution in [0.3, 0.4) is 0 Å². The first kappa shape index (κ1) is 17.5. The number of aromatic nitrogens is 1. The van der Waals surface area contributed by atoms with Crippen molar-refractivity contribution in [1.29, 1.82) is 0 Å². The lowest BCUT2D eigenvalue weighted by Gasteiger charge is -2.30. The number of rotatable bonds is 7. The number of nitrogens with one attached hydrogen (secondary N) is 1. The van der Waals surface area contributed by atoms with E-state index in [1.54, 1.807) is 12.1 Å². The molecule has 2 heterocycles. The number of para-hydroxylation sites is 1. The molecule has 0 spiro atoms. The van der Waals surface area contributed by atoms with Crippen LogP contribution in [0.5, 0.6) is 5.75 Å². The molecule has 1 aliphatic heterocycles. The highest BCUT2D eigenvalue weighted by Gasteiger charge is 2.36. The molecule has 2 N–H and O–H groups in total. The quantitative estimate of drug-likeness (QED) is 0.759. The van der Waals surface area contributed by atoms with Crippen LogP contribution in [0, 0.1) is 0 Å². The number of ether oxygens (including phenoxy) is 1. The topological polar surface area (TPSA) is 63.5 Å². The summed E-state index contributed by atoms with van der Waals surface area (Å²) in [5.74, 6) is 0.596. The van der Waals surface area contributed by atoms with Gasteiger partial charge in [-0.25, -0.2) is 0 Å². The van der Waals surface area contributed by atoms with Gasteiger partial charge in [-0.1, -0.05) is 32.0 Å². The van der Waals surface area contributed by atoms with Crippen LogP contribution < -0.4 is 15.6 Å². The molecule has 134 valence electrons. The lowest BCUT2D eigenvalue weighted by Crippen LogP contribution is -2.39. The van der Waals surface area contributed by atoms with E-state index in [2.05, 4.69) is 19.2 Å². The first-order chi connectivity index (χ1) is 12.1. The Kier molecular flexibility index (Phi) is 5.13. The molecule has 1 aromatic carbocycles. The zero-order chi connectivity index (χ0) is 17.9. The fourth-order valence-electron chi connectivity index (χ4n) is 3.71. The van der Waals surface area contributed by atoms with Crippen LogP contribution in [-0.2, 0) is 12.0 Å². The number of fused-ring (bicyclic) bond motifs is 1. The van der Waals surface area contributed by atoms with E-state index >= 15 is 0 Å².